The largest absolute Gasteiger partial charge is 0.508 e. The number of hydrogen-bond donors (Lipinski definition) is 1. The van der Waals surface area contributed by atoms with E-state index in [9.17, 15) is 9.90 Å². The molecule has 0 fully saturated rings. The van der Waals surface area contributed by atoms with Crippen LogP contribution in [0.3, 0.4) is 0 Å². The Morgan fingerprint density at radius 3 is 2.60 bits per heavy atom. The van der Waals surface area contributed by atoms with Crippen molar-refractivity contribution in [1.29, 1.82) is 0 Å². The summed E-state index contributed by atoms with van der Waals surface area (Å²) in [6.45, 7) is 0.268. The predicted octanol–water partition coefficient (Wildman–Crippen LogP) is 3.37. The predicted molar refractivity (Wildman–Crippen MR) is 78.2 cm³/mol. The Hall–Kier alpha value is -1.78. The first kappa shape index (κ1) is 14.6. The van der Waals surface area contributed by atoms with Crippen molar-refractivity contribution in [3.63, 3.8) is 0 Å². The highest BCUT2D eigenvalue weighted by molar-refractivity contribution is 6.34. The van der Waals surface area contributed by atoms with Crippen LogP contribution in [0.15, 0.2) is 36.4 Å². The fourth-order valence-electron chi connectivity index (χ4n) is 1.75. The molecule has 20 heavy (non-hydrogen) atoms. The summed E-state index contributed by atoms with van der Waals surface area (Å²) in [5, 5.41) is 10.0. The van der Waals surface area contributed by atoms with Gasteiger partial charge in [0.1, 0.15) is 16.1 Å². The summed E-state index contributed by atoms with van der Waals surface area (Å²) < 4.78 is 0. The van der Waals surface area contributed by atoms with E-state index in [-0.39, 0.29) is 34.1 Å². The Balaban J connectivity index is 2.19. The number of phenols is 1. The lowest BCUT2D eigenvalue weighted by Gasteiger charge is -2.18. The number of pyridine rings is 1. The second kappa shape index (κ2) is 6.11. The Kier molecular flexibility index (Phi) is 4.47. The Bertz CT molecular complexity index is 647. The molecule has 1 N–H and O–H groups in total. The number of halogens is 2. The number of hydrogen-bond acceptors (Lipinski definition) is 3. The number of aromatic hydroxyl groups is 1. The lowest BCUT2D eigenvalue weighted by atomic mass is 10.1. The summed E-state index contributed by atoms with van der Waals surface area (Å²) in [7, 11) is 1.62. The monoisotopic (exact) mass is 310 g/mol. The smallest absolute Gasteiger partial charge is 0.257 e. The third-order valence-corrected chi connectivity index (χ3v) is 3.29. The van der Waals surface area contributed by atoms with Crippen molar-refractivity contribution in [2.75, 3.05) is 7.05 Å². The van der Waals surface area contributed by atoms with Crippen LogP contribution in [0.25, 0.3) is 0 Å². The summed E-state index contributed by atoms with van der Waals surface area (Å²) in [5.41, 5.74) is 0.926. The van der Waals surface area contributed by atoms with Gasteiger partial charge in [0.2, 0.25) is 0 Å². The van der Waals surface area contributed by atoms with Gasteiger partial charge in [0.05, 0.1) is 5.56 Å². The molecule has 2 rings (SSSR count). The van der Waals surface area contributed by atoms with E-state index < -0.39 is 0 Å². The zero-order valence-electron chi connectivity index (χ0n) is 10.7. The van der Waals surface area contributed by atoms with Gasteiger partial charge in [-0.1, -0.05) is 41.4 Å². The van der Waals surface area contributed by atoms with Crippen LogP contribution >= 0.6 is 23.2 Å². The molecule has 0 saturated carbocycles. The SMILES string of the molecule is CN(Cc1ccccc1O)C(=O)c1ccc(Cl)nc1Cl. The zero-order valence-corrected chi connectivity index (χ0v) is 12.2. The molecule has 4 nitrogen and oxygen atoms in total. The summed E-state index contributed by atoms with van der Waals surface area (Å²) >= 11 is 11.6. The minimum atomic E-state index is -0.289. The average molecular weight is 311 g/mol. The second-order valence-corrected chi connectivity index (χ2v) is 5.01. The quantitative estimate of drug-likeness (QED) is 0.884. The lowest BCUT2D eigenvalue weighted by molar-refractivity contribution is 0.0784. The van der Waals surface area contributed by atoms with Crippen molar-refractivity contribution in [1.82, 2.24) is 9.88 Å². The van der Waals surface area contributed by atoms with E-state index in [0.29, 0.717) is 5.56 Å². The maximum atomic E-state index is 12.3. The molecule has 0 unspecified atom stereocenters. The van der Waals surface area contributed by atoms with Gasteiger partial charge in [-0.2, -0.15) is 0 Å². The number of benzene rings is 1. The van der Waals surface area contributed by atoms with E-state index in [4.69, 9.17) is 23.2 Å². The van der Waals surface area contributed by atoms with Gasteiger partial charge >= 0.3 is 0 Å². The van der Waals surface area contributed by atoms with E-state index in [2.05, 4.69) is 4.98 Å². The third-order valence-electron chi connectivity index (χ3n) is 2.79. The van der Waals surface area contributed by atoms with Crippen molar-refractivity contribution in [2.45, 2.75) is 6.54 Å². The molecule has 0 aliphatic carbocycles. The number of aromatic nitrogens is 1. The van der Waals surface area contributed by atoms with Crippen LogP contribution in [0, 0.1) is 0 Å². The topological polar surface area (TPSA) is 53.4 Å². The van der Waals surface area contributed by atoms with Gasteiger partial charge in [-0.25, -0.2) is 4.98 Å². The van der Waals surface area contributed by atoms with Gasteiger partial charge in [-0.3, -0.25) is 4.79 Å². The number of phenolic OH excluding ortho intramolecular Hbond substituents is 1. The number of carbonyl (C=O) groups excluding carboxylic acids is 1. The molecule has 0 radical (unpaired) electrons. The molecule has 104 valence electrons. The van der Waals surface area contributed by atoms with E-state index in [1.54, 1.807) is 31.3 Å². The van der Waals surface area contributed by atoms with Gasteiger partial charge < -0.3 is 10.0 Å². The first-order chi connectivity index (χ1) is 9.49. The molecular formula is C14H12Cl2N2O2. The molecule has 2 aromatic rings. The molecule has 0 atom stereocenters. The molecule has 0 saturated heterocycles. The van der Waals surface area contributed by atoms with Crippen LogP contribution < -0.4 is 0 Å². The Labute approximate surface area is 126 Å². The van der Waals surface area contributed by atoms with Crippen molar-refractivity contribution in [3.8, 4) is 5.75 Å². The summed E-state index contributed by atoms with van der Waals surface area (Å²) in [6.07, 6.45) is 0. The first-order valence-electron chi connectivity index (χ1n) is 5.83. The molecule has 1 heterocycles. The summed E-state index contributed by atoms with van der Waals surface area (Å²) in [5.74, 6) is -0.144. The lowest BCUT2D eigenvalue weighted by Crippen LogP contribution is -2.26. The van der Waals surface area contributed by atoms with E-state index in [0.717, 1.165) is 0 Å². The van der Waals surface area contributed by atoms with Crippen LogP contribution in [-0.2, 0) is 6.54 Å². The second-order valence-electron chi connectivity index (χ2n) is 4.26. The Morgan fingerprint density at radius 1 is 1.25 bits per heavy atom. The van der Waals surface area contributed by atoms with Crippen molar-refractivity contribution >= 4 is 29.1 Å². The summed E-state index contributed by atoms with van der Waals surface area (Å²) in [4.78, 5) is 17.6. The standard InChI is InChI=1S/C14H12Cl2N2O2/c1-18(8-9-4-2-3-5-11(9)19)14(20)10-6-7-12(15)17-13(10)16/h2-7,19H,8H2,1H3. The van der Waals surface area contributed by atoms with Crippen LogP contribution in [-0.4, -0.2) is 27.9 Å². The van der Waals surface area contributed by atoms with Crippen LogP contribution in [0.4, 0.5) is 0 Å². The highest BCUT2D eigenvalue weighted by Crippen LogP contribution is 2.21. The minimum Gasteiger partial charge on any atom is -0.508 e. The summed E-state index contributed by atoms with van der Waals surface area (Å²) in [6, 6.07) is 9.88. The molecular weight excluding hydrogens is 299 g/mol. The molecule has 1 aromatic carbocycles. The first-order valence-corrected chi connectivity index (χ1v) is 6.59. The minimum absolute atomic E-state index is 0.0617. The highest BCUT2D eigenvalue weighted by atomic mass is 35.5. The molecule has 0 bridgehead atoms. The Morgan fingerprint density at radius 2 is 1.95 bits per heavy atom. The fourth-order valence-corrected chi connectivity index (χ4v) is 2.17. The van der Waals surface area contributed by atoms with Crippen molar-refractivity contribution in [2.24, 2.45) is 0 Å². The maximum Gasteiger partial charge on any atom is 0.257 e. The van der Waals surface area contributed by atoms with Crippen LogP contribution in [0.1, 0.15) is 15.9 Å². The van der Waals surface area contributed by atoms with Gasteiger partial charge in [-0.15, -0.1) is 0 Å². The molecule has 0 aliphatic rings. The van der Waals surface area contributed by atoms with Gasteiger partial charge in [0.15, 0.2) is 0 Å². The third kappa shape index (κ3) is 3.21. The van der Waals surface area contributed by atoms with Crippen LogP contribution in [0.2, 0.25) is 10.3 Å². The fraction of sp³-hybridized carbons (Fsp3) is 0.143. The van der Waals surface area contributed by atoms with Gasteiger partial charge in [-0.05, 0) is 18.2 Å². The van der Waals surface area contributed by atoms with Crippen molar-refractivity contribution < 1.29 is 9.90 Å². The van der Waals surface area contributed by atoms with Gasteiger partial charge in [0, 0.05) is 19.2 Å². The number of rotatable bonds is 3. The number of amides is 1. The zero-order chi connectivity index (χ0) is 14.7. The van der Waals surface area contributed by atoms with E-state index >= 15 is 0 Å². The maximum absolute atomic E-state index is 12.3. The van der Waals surface area contributed by atoms with Crippen LogP contribution in [0.5, 0.6) is 5.75 Å². The van der Waals surface area contributed by atoms with E-state index in [1.165, 1.54) is 17.0 Å². The molecule has 0 aliphatic heterocycles. The van der Waals surface area contributed by atoms with E-state index in [1.807, 2.05) is 0 Å². The average Bonchev–Trinajstić information content (AvgIpc) is 2.40. The molecule has 1 amide bonds. The number of carbonyl (C=O) groups is 1. The molecule has 0 spiro atoms. The number of para-hydroxylation sites is 1. The normalized spacial score (nSPS) is 10.3. The number of nitrogens with zero attached hydrogens (tertiary/aromatic N) is 2. The molecule has 1 aromatic heterocycles. The van der Waals surface area contributed by atoms with Gasteiger partial charge in [0.25, 0.3) is 5.91 Å². The highest BCUT2D eigenvalue weighted by Gasteiger charge is 2.17. The molecule has 6 heteroatoms. The van der Waals surface area contributed by atoms with Crippen molar-refractivity contribution in [3.05, 3.63) is 57.8 Å².